The molecular weight excluding hydrogens is 428 g/mol. The summed E-state index contributed by atoms with van der Waals surface area (Å²) in [7, 11) is -3.43. The zero-order chi connectivity index (χ0) is 21.0. The Labute approximate surface area is 178 Å². The zero-order valence-electron chi connectivity index (χ0n) is 15.8. The van der Waals surface area contributed by atoms with E-state index in [0.717, 1.165) is 15.8 Å². The molecule has 2 aromatic carbocycles. The molecule has 0 aliphatic heterocycles. The van der Waals surface area contributed by atoms with Crippen molar-refractivity contribution in [3.8, 4) is 12.3 Å². The van der Waals surface area contributed by atoms with Crippen LogP contribution < -0.4 is 4.80 Å². The van der Waals surface area contributed by atoms with E-state index in [-0.39, 0.29) is 35.9 Å². The van der Waals surface area contributed by atoms with Gasteiger partial charge in [-0.2, -0.15) is 4.99 Å². The van der Waals surface area contributed by atoms with E-state index < -0.39 is 9.84 Å². The number of aryl methyl sites for hydroxylation is 1. The normalized spacial score (nSPS) is 12.2. The lowest BCUT2D eigenvalue weighted by Crippen LogP contribution is -2.16. The number of halogens is 1. The Morgan fingerprint density at radius 1 is 1.24 bits per heavy atom. The van der Waals surface area contributed by atoms with Gasteiger partial charge in [0.2, 0.25) is 5.91 Å². The molecular formula is C21H19ClN2O3S2. The number of thiazole rings is 1. The first-order chi connectivity index (χ1) is 13.8. The van der Waals surface area contributed by atoms with Gasteiger partial charge in [0, 0.05) is 11.4 Å². The van der Waals surface area contributed by atoms with Crippen LogP contribution >= 0.6 is 22.9 Å². The van der Waals surface area contributed by atoms with Crippen molar-refractivity contribution in [1.29, 1.82) is 0 Å². The number of sulfone groups is 1. The Morgan fingerprint density at radius 2 is 1.97 bits per heavy atom. The van der Waals surface area contributed by atoms with E-state index >= 15 is 0 Å². The molecule has 0 spiro atoms. The number of carbonyl (C=O) groups is 1. The van der Waals surface area contributed by atoms with Crippen molar-refractivity contribution in [2.24, 2.45) is 4.99 Å². The van der Waals surface area contributed by atoms with Crippen LogP contribution in [0.4, 0.5) is 0 Å². The number of nitrogens with zero attached hydrogens (tertiary/aromatic N) is 2. The lowest BCUT2D eigenvalue weighted by atomic mass is 10.2. The number of terminal acetylenes is 1. The van der Waals surface area contributed by atoms with E-state index in [2.05, 4.69) is 10.9 Å². The molecule has 5 nitrogen and oxygen atoms in total. The first kappa shape index (κ1) is 21.3. The van der Waals surface area contributed by atoms with Gasteiger partial charge in [-0.05, 0) is 43.7 Å². The van der Waals surface area contributed by atoms with Gasteiger partial charge in [-0.1, -0.05) is 46.6 Å². The number of aromatic nitrogens is 1. The maximum absolute atomic E-state index is 12.4. The van der Waals surface area contributed by atoms with Crippen LogP contribution in [0.5, 0.6) is 0 Å². The summed E-state index contributed by atoms with van der Waals surface area (Å²) >= 11 is 7.36. The molecule has 1 heterocycles. The fraction of sp³-hybridized carbons (Fsp3) is 0.238. The molecule has 0 atom stereocenters. The van der Waals surface area contributed by atoms with Gasteiger partial charge in [0.15, 0.2) is 14.6 Å². The summed E-state index contributed by atoms with van der Waals surface area (Å²) in [4.78, 5) is 17.2. The lowest BCUT2D eigenvalue weighted by molar-refractivity contribution is -0.118. The molecule has 0 aliphatic rings. The van der Waals surface area contributed by atoms with Crippen molar-refractivity contribution in [2.45, 2.75) is 31.2 Å². The maximum Gasteiger partial charge on any atom is 0.248 e. The van der Waals surface area contributed by atoms with Crippen molar-refractivity contribution in [3.05, 3.63) is 57.9 Å². The van der Waals surface area contributed by atoms with E-state index in [1.165, 1.54) is 11.3 Å². The number of hydrogen-bond donors (Lipinski definition) is 0. The van der Waals surface area contributed by atoms with E-state index in [1.54, 1.807) is 41.0 Å². The van der Waals surface area contributed by atoms with Crippen molar-refractivity contribution in [1.82, 2.24) is 4.57 Å². The van der Waals surface area contributed by atoms with E-state index in [1.807, 2.05) is 13.0 Å². The molecule has 29 heavy (non-hydrogen) atoms. The van der Waals surface area contributed by atoms with E-state index in [9.17, 15) is 13.2 Å². The molecule has 8 heteroatoms. The van der Waals surface area contributed by atoms with Gasteiger partial charge in [0.25, 0.3) is 0 Å². The lowest BCUT2D eigenvalue weighted by Gasteiger charge is -2.04. The summed E-state index contributed by atoms with van der Waals surface area (Å²) in [5.74, 6) is 2.07. The molecule has 0 radical (unpaired) electrons. The summed E-state index contributed by atoms with van der Waals surface area (Å²) in [6, 6.07) is 12.1. The Kier molecular flexibility index (Phi) is 6.58. The second-order valence-electron chi connectivity index (χ2n) is 6.53. The molecule has 0 saturated carbocycles. The Bertz CT molecular complexity index is 1260. The highest BCUT2D eigenvalue weighted by Gasteiger charge is 2.15. The monoisotopic (exact) mass is 446 g/mol. The van der Waals surface area contributed by atoms with Crippen molar-refractivity contribution < 1.29 is 13.2 Å². The molecule has 3 rings (SSSR count). The average Bonchev–Trinajstić information content (AvgIpc) is 2.98. The van der Waals surface area contributed by atoms with Gasteiger partial charge in [-0.15, -0.1) is 6.42 Å². The van der Waals surface area contributed by atoms with Gasteiger partial charge < -0.3 is 4.57 Å². The van der Waals surface area contributed by atoms with Crippen LogP contribution in [-0.2, 0) is 21.2 Å². The molecule has 0 saturated heterocycles. The number of rotatable bonds is 6. The fourth-order valence-electron chi connectivity index (χ4n) is 2.82. The first-order valence-corrected chi connectivity index (χ1v) is 11.7. The predicted molar refractivity (Wildman–Crippen MR) is 117 cm³/mol. The number of fused-ring (bicyclic) bond motifs is 1. The maximum atomic E-state index is 12.4. The van der Waals surface area contributed by atoms with Crippen LogP contribution in [0.1, 0.15) is 18.4 Å². The topological polar surface area (TPSA) is 68.5 Å². The molecule has 1 amide bonds. The van der Waals surface area contributed by atoms with Gasteiger partial charge >= 0.3 is 0 Å². The SMILES string of the molecule is C#CCn1c(=NC(=O)CCCS(=O)(=O)c2ccc(C)cc2)sc2cc(Cl)ccc21. The minimum atomic E-state index is -3.43. The minimum Gasteiger partial charge on any atom is -0.305 e. The molecule has 3 aromatic rings. The number of benzene rings is 2. The number of hydrogen-bond acceptors (Lipinski definition) is 4. The second kappa shape index (κ2) is 8.95. The number of carbonyl (C=O) groups excluding carboxylic acids is 1. The molecule has 150 valence electrons. The molecule has 0 unspecified atom stereocenters. The summed E-state index contributed by atoms with van der Waals surface area (Å²) in [6.07, 6.45) is 5.68. The highest BCUT2D eigenvalue weighted by Crippen LogP contribution is 2.22. The summed E-state index contributed by atoms with van der Waals surface area (Å²) < 4.78 is 27.4. The highest BCUT2D eigenvalue weighted by molar-refractivity contribution is 7.91. The van der Waals surface area contributed by atoms with Crippen LogP contribution in [0.3, 0.4) is 0 Å². The molecule has 0 aliphatic carbocycles. The van der Waals surface area contributed by atoms with Crippen LogP contribution in [0.15, 0.2) is 52.4 Å². The van der Waals surface area contributed by atoms with Crippen molar-refractivity contribution in [3.63, 3.8) is 0 Å². The van der Waals surface area contributed by atoms with Gasteiger partial charge in [-0.3, -0.25) is 4.79 Å². The van der Waals surface area contributed by atoms with E-state index in [4.69, 9.17) is 18.0 Å². The van der Waals surface area contributed by atoms with E-state index in [0.29, 0.717) is 9.82 Å². The third-order valence-corrected chi connectivity index (χ3v) is 7.39. The molecule has 0 fully saturated rings. The first-order valence-electron chi connectivity index (χ1n) is 8.89. The minimum absolute atomic E-state index is 0.0378. The van der Waals surface area contributed by atoms with Crippen molar-refractivity contribution >= 4 is 48.9 Å². The smallest absolute Gasteiger partial charge is 0.248 e. The molecule has 0 N–H and O–H groups in total. The summed E-state index contributed by atoms with van der Waals surface area (Å²) in [6.45, 7) is 2.17. The van der Waals surface area contributed by atoms with Crippen LogP contribution in [-0.4, -0.2) is 24.6 Å². The molecule has 1 aromatic heterocycles. The molecule has 0 bridgehead atoms. The number of amides is 1. The largest absolute Gasteiger partial charge is 0.305 e. The van der Waals surface area contributed by atoms with Crippen LogP contribution in [0.25, 0.3) is 10.2 Å². The standard InChI is InChI=1S/C21H19ClN2O3S2/c1-3-12-24-18-11-8-16(22)14-19(18)28-21(24)23-20(25)5-4-13-29(26,27)17-9-6-15(2)7-10-17/h1,6-11,14H,4-5,12-13H2,2H3. The second-order valence-corrected chi connectivity index (χ2v) is 10.1. The third kappa shape index (κ3) is 5.15. The Morgan fingerprint density at radius 3 is 2.66 bits per heavy atom. The quantitative estimate of drug-likeness (QED) is 0.538. The van der Waals surface area contributed by atoms with Crippen LogP contribution in [0, 0.1) is 19.3 Å². The zero-order valence-corrected chi connectivity index (χ0v) is 18.1. The van der Waals surface area contributed by atoms with Gasteiger partial charge in [0.05, 0.1) is 27.4 Å². The third-order valence-electron chi connectivity index (χ3n) is 4.30. The predicted octanol–water partition coefficient (Wildman–Crippen LogP) is 3.98. The highest BCUT2D eigenvalue weighted by atomic mass is 35.5. The fourth-order valence-corrected chi connectivity index (χ4v) is 5.45. The average molecular weight is 447 g/mol. The van der Waals surface area contributed by atoms with Crippen LogP contribution in [0.2, 0.25) is 5.02 Å². The van der Waals surface area contributed by atoms with Crippen molar-refractivity contribution in [2.75, 3.05) is 5.75 Å². The van der Waals surface area contributed by atoms with Gasteiger partial charge in [0.1, 0.15) is 0 Å². The van der Waals surface area contributed by atoms with Gasteiger partial charge in [-0.25, -0.2) is 8.42 Å². The summed E-state index contributed by atoms with van der Waals surface area (Å²) in [5.41, 5.74) is 1.84. The summed E-state index contributed by atoms with van der Waals surface area (Å²) in [5, 5.41) is 0.589. The Balaban J connectivity index is 1.75. The Hall–Kier alpha value is -2.40.